The highest BCUT2D eigenvalue weighted by Gasteiger charge is 2.24. The Kier molecular flexibility index (Phi) is 4.97. The number of rotatable bonds is 5. The Labute approximate surface area is 148 Å². The highest BCUT2D eigenvalue weighted by atomic mass is 16.5. The van der Waals surface area contributed by atoms with E-state index < -0.39 is 0 Å². The van der Waals surface area contributed by atoms with E-state index in [2.05, 4.69) is 27.4 Å². The molecule has 0 bridgehead atoms. The normalized spacial score (nSPS) is 17.0. The Morgan fingerprint density at radius 2 is 2.20 bits per heavy atom. The molecular formula is C19H26N4O2. The van der Waals surface area contributed by atoms with Crippen molar-refractivity contribution in [2.75, 3.05) is 31.6 Å². The van der Waals surface area contributed by atoms with E-state index in [0.717, 1.165) is 36.6 Å². The van der Waals surface area contributed by atoms with Crippen LogP contribution in [0.2, 0.25) is 0 Å². The van der Waals surface area contributed by atoms with Crippen LogP contribution in [0.15, 0.2) is 24.3 Å². The van der Waals surface area contributed by atoms with Crippen molar-refractivity contribution in [1.82, 2.24) is 15.1 Å². The molecule has 134 valence electrons. The van der Waals surface area contributed by atoms with Gasteiger partial charge in [-0.1, -0.05) is 6.07 Å². The van der Waals surface area contributed by atoms with Crippen LogP contribution in [0.4, 0.5) is 5.69 Å². The Bertz CT molecular complexity index is 769. The summed E-state index contributed by atoms with van der Waals surface area (Å²) in [5, 5.41) is 7.40. The predicted octanol–water partition coefficient (Wildman–Crippen LogP) is 2.30. The first kappa shape index (κ1) is 17.3. The zero-order chi connectivity index (χ0) is 18.0. The van der Waals surface area contributed by atoms with E-state index in [1.54, 1.807) is 11.8 Å². The summed E-state index contributed by atoms with van der Waals surface area (Å²) in [6.07, 6.45) is 1.07. The highest BCUT2D eigenvalue weighted by molar-refractivity contribution is 5.96. The number of carbonyl (C=O) groups is 1. The smallest absolute Gasteiger partial charge is 0.255 e. The maximum Gasteiger partial charge on any atom is 0.255 e. The summed E-state index contributed by atoms with van der Waals surface area (Å²) >= 11 is 0. The van der Waals surface area contributed by atoms with Gasteiger partial charge in [-0.05, 0) is 38.3 Å². The summed E-state index contributed by atoms with van der Waals surface area (Å²) in [4.78, 5) is 14.8. The topological polar surface area (TPSA) is 59.4 Å². The maximum atomic E-state index is 12.5. The van der Waals surface area contributed by atoms with Crippen molar-refractivity contribution in [2.45, 2.75) is 20.3 Å². The third-order valence-corrected chi connectivity index (χ3v) is 4.99. The molecule has 1 aromatic carbocycles. The summed E-state index contributed by atoms with van der Waals surface area (Å²) < 4.78 is 7.06. The average Bonchev–Trinajstić information content (AvgIpc) is 3.18. The van der Waals surface area contributed by atoms with Crippen LogP contribution in [-0.4, -0.2) is 42.4 Å². The quantitative estimate of drug-likeness (QED) is 0.906. The molecule has 1 fully saturated rings. The van der Waals surface area contributed by atoms with Crippen molar-refractivity contribution in [3.8, 4) is 5.75 Å². The SMILES string of the molecule is COc1cccc(N2CC[C@@H](CNC(=O)c3c(C)nn(C)c3C)C2)c1. The Balaban J connectivity index is 1.57. The molecule has 0 spiro atoms. The number of hydrogen-bond donors (Lipinski definition) is 1. The second kappa shape index (κ2) is 7.17. The number of hydrogen-bond acceptors (Lipinski definition) is 4. The lowest BCUT2D eigenvalue weighted by Gasteiger charge is -2.19. The molecule has 0 radical (unpaired) electrons. The average molecular weight is 342 g/mol. The molecule has 1 N–H and O–H groups in total. The Morgan fingerprint density at radius 1 is 1.40 bits per heavy atom. The molecule has 1 atom stereocenters. The first-order valence-electron chi connectivity index (χ1n) is 8.67. The van der Waals surface area contributed by atoms with Crippen molar-refractivity contribution < 1.29 is 9.53 Å². The number of nitrogens with zero attached hydrogens (tertiary/aromatic N) is 3. The van der Waals surface area contributed by atoms with Crippen LogP contribution in [0.5, 0.6) is 5.75 Å². The predicted molar refractivity (Wildman–Crippen MR) is 98.3 cm³/mol. The number of amides is 1. The molecule has 2 aromatic rings. The molecule has 6 heteroatoms. The van der Waals surface area contributed by atoms with Crippen LogP contribution in [0, 0.1) is 19.8 Å². The largest absolute Gasteiger partial charge is 0.497 e. The van der Waals surface area contributed by atoms with Gasteiger partial charge in [-0.25, -0.2) is 0 Å². The molecule has 1 amide bonds. The molecule has 1 aliphatic heterocycles. The van der Waals surface area contributed by atoms with Crippen LogP contribution < -0.4 is 15.0 Å². The number of carbonyl (C=O) groups excluding carboxylic acids is 1. The minimum atomic E-state index is -0.0251. The van der Waals surface area contributed by atoms with E-state index >= 15 is 0 Å². The minimum absolute atomic E-state index is 0.0251. The summed E-state index contributed by atoms with van der Waals surface area (Å²) in [5.74, 6) is 1.30. The van der Waals surface area contributed by atoms with Crippen LogP contribution in [0.1, 0.15) is 28.2 Å². The number of ether oxygens (including phenoxy) is 1. The molecule has 1 saturated heterocycles. The molecule has 25 heavy (non-hydrogen) atoms. The minimum Gasteiger partial charge on any atom is -0.497 e. The van der Waals surface area contributed by atoms with E-state index in [0.29, 0.717) is 18.0 Å². The van der Waals surface area contributed by atoms with Gasteiger partial charge < -0.3 is 15.0 Å². The second-order valence-corrected chi connectivity index (χ2v) is 6.68. The van der Waals surface area contributed by atoms with E-state index in [1.165, 1.54) is 5.69 Å². The van der Waals surface area contributed by atoms with Crippen LogP contribution in [0.3, 0.4) is 0 Å². The zero-order valence-electron chi connectivity index (χ0n) is 15.4. The summed E-state index contributed by atoms with van der Waals surface area (Å²) in [6.45, 7) is 6.43. The fraction of sp³-hybridized carbons (Fsp3) is 0.474. The van der Waals surface area contributed by atoms with Gasteiger partial charge in [-0.15, -0.1) is 0 Å². The number of methoxy groups -OCH3 is 1. The number of aromatic nitrogens is 2. The van der Waals surface area contributed by atoms with Crippen molar-refractivity contribution in [3.63, 3.8) is 0 Å². The Morgan fingerprint density at radius 3 is 2.88 bits per heavy atom. The molecular weight excluding hydrogens is 316 g/mol. The van der Waals surface area contributed by atoms with Gasteiger partial charge in [0.05, 0.1) is 18.4 Å². The van der Waals surface area contributed by atoms with E-state index in [9.17, 15) is 4.79 Å². The lowest BCUT2D eigenvalue weighted by molar-refractivity contribution is 0.0947. The lowest BCUT2D eigenvalue weighted by atomic mass is 10.1. The fourth-order valence-corrected chi connectivity index (χ4v) is 3.47. The van der Waals surface area contributed by atoms with E-state index in [-0.39, 0.29) is 5.91 Å². The van der Waals surface area contributed by atoms with Crippen molar-refractivity contribution in [1.29, 1.82) is 0 Å². The third kappa shape index (κ3) is 3.62. The van der Waals surface area contributed by atoms with Gasteiger partial charge in [0.1, 0.15) is 5.75 Å². The van der Waals surface area contributed by atoms with Gasteiger partial charge in [-0.2, -0.15) is 5.10 Å². The fourth-order valence-electron chi connectivity index (χ4n) is 3.47. The number of anilines is 1. The van der Waals surface area contributed by atoms with E-state index in [1.807, 2.05) is 33.0 Å². The van der Waals surface area contributed by atoms with E-state index in [4.69, 9.17) is 4.74 Å². The second-order valence-electron chi connectivity index (χ2n) is 6.68. The van der Waals surface area contributed by atoms with Crippen LogP contribution in [0.25, 0.3) is 0 Å². The number of nitrogens with one attached hydrogen (secondary N) is 1. The maximum absolute atomic E-state index is 12.5. The molecule has 1 aromatic heterocycles. The Hall–Kier alpha value is -2.50. The van der Waals surface area contributed by atoms with Gasteiger partial charge in [0.2, 0.25) is 0 Å². The van der Waals surface area contributed by atoms with Gasteiger partial charge in [0.25, 0.3) is 5.91 Å². The van der Waals surface area contributed by atoms with Gasteiger partial charge in [-0.3, -0.25) is 9.48 Å². The summed E-state index contributed by atoms with van der Waals surface area (Å²) in [7, 11) is 3.55. The molecule has 3 rings (SSSR count). The zero-order valence-corrected chi connectivity index (χ0v) is 15.4. The first-order chi connectivity index (χ1) is 12.0. The summed E-state index contributed by atoms with van der Waals surface area (Å²) in [6, 6.07) is 8.13. The molecule has 0 saturated carbocycles. The number of aryl methyl sites for hydroxylation is 2. The molecule has 0 unspecified atom stereocenters. The van der Waals surface area contributed by atoms with Crippen LogP contribution >= 0.6 is 0 Å². The standard InChI is InChI=1S/C19H26N4O2/c1-13-18(14(2)22(3)21-13)19(24)20-11-15-8-9-23(12-15)16-6-5-7-17(10-16)25-4/h5-7,10,15H,8-9,11-12H2,1-4H3,(H,20,24)/t15-/m0/s1. The monoisotopic (exact) mass is 342 g/mol. The highest BCUT2D eigenvalue weighted by Crippen LogP contribution is 2.26. The molecule has 1 aliphatic rings. The van der Waals surface area contributed by atoms with Gasteiger partial charge in [0, 0.05) is 44.1 Å². The van der Waals surface area contributed by atoms with Gasteiger partial charge in [0.15, 0.2) is 0 Å². The molecule has 0 aliphatic carbocycles. The third-order valence-electron chi connectivity index (χ3n) is 4.99. The molecule has 2 heterocycles. The van der Waals surface area contributed by atoms with Crippen LogP contribution in [-0.2, 0) is 7.05 Å². The molecule has 6 nitrogen and oxygen atoms in total. The lowest BCUT2D eigenvalue weighted by Crippen LogP contribution is -2.31. The van der Waals surface area contributed by atoms with Crippen molar-refractivity contribution >= 4 is 11.6 Å². The summed E-state index contributed by atoms with van der Waals surface area (Å²) in [5.41, 5.74) is 3.55. The first-order valence-corrected chi connectivity index (χ1v) is 8.67. The number of benzene rings is 1. The van der Waals surface area contributed by atoms with Crippen molar-refractivity contribution in [3.05, 3.63) is 41.2 Å². The van der Waals surface area contributed by atoms with Crippen molar-refractivity contribution in [2.24, 2.45) is 13.0 Å². The van der Waals surface area contributed by atoms with Gasteiger partial charge >= 0.3 is 0 Å².